The number of rotatable bonds is 6. The summed E-state index contributed by atoms with van der Waals surface area (Å²) in [5.41, 5.74) is 0.607. The van der Waals surface area contributed by atoms with Crippen LogP contribution in [-0.2, 0) is 4.79 Å². The van der Waals surface area contributed by atoms with Gasteiger partial charge in [-0.3, -0.25) is 9.59 Å². The van der Waals surface area contributed by atoms with Crippen molar-refractivity contribution >= 4 is 17.4 Å². The van der Waals surface area contributed by atoms with Crippen molar-refractivity contribution in [3.8, 4) is 5.75 Å². The quantitative estimate of drug-likeness (QED) is 0.544. The van der Waals surface area contributed by atoms with Crippen molar-refractivity contribution in [1.82, 2.24) is 10.2 Å². The maximum atomic E-state index is 12.4. The average Bonchev–Trinajstić information content (AvgIpc) is 2.60. The zero-order chi connectivity index (χ0) is 21.6. The van der Waals surface area contributed by atoms with E-state index in [4.69, 9.17) is 5.11 Å². The smallest absolute Gasteiger partial charge is 0.391 e. The largest absolute Gasteiger partial charge is 0.505 e. The Hall–Kier alpha value is -2.75. The molecule has 0 saturated carbocycles. The summed E-state index contributed by atoms with van der Waals surface area (Å²) in [6, 6.07) is 3.54. The zero-order valence-electron chi connectivity index (χ0n) is 16.0. The van der Waals surface area contributed by atoms with Crippen LogP contribution >= 0.6 is 0 Å². The summed E-state index contributed by atoms with van der Waals surface area (Å²) in [6.07, 6.45) is -5.36. The molecule has 0 aromatic heterocycles. The van der Waals surface area contributed by atoms with Gasteiger partial charge in [-0.15, -0.1) is 0 Å². The van der Waals surface area contributed by atoms with Gasteiger partial charge in [-0.25, -0.2) is 0 Å². The highest BCUT2D eigenvalue weighted by atomic mass is 19.4. The summed E-state index contributed by atoms with van der Waals surface area (Å²) in [5.74, 6) is -1.05. The molecule has 0 fully saturated rings. The number of phenolic OH excluding ortho intramolecular Hbond substituents is 1. The Morgan fingerprint density at radius 2 is 1.89 bits per heavy atom. The molecule has 1 aromatic rings. The van der Waals surface area contributed by atoms with Gasteiger partial charge in [0.1, 0.15) is 5.70 Å². The first kappa shape index (κ1) is 23.3. The molecule has 1 unspecified atom stereocenters. The molecule has 0 radical (unpaired) electrons. The lowest BCUT2D eigenvalue weighted by Crippen LogP contribution is -2.38. The second-order valence-electron chi connectivity index (χ2n) is 6.34. The molecule has 0 spiro atoms. The van der Waals surface area contributed by atoms with Crippen molar-refractivity contribution in [2.24, 2.45) is 0 Å². The number of benzene rings is 1. The number of carbonyl (C=O) groups excluding carboxylic acids is 2. The summed E-state index contributed by atoms with van der Waals surface area (Å²) in [6.45, 7) is 1.37. The number of anilines is 1. The monoisotopic (exact) mass is 403 g/mol. The molecule has 4 N–H and O–H groups in total. The predicted molar refractivity (Wildman–Crippen MR) is 97.8 cm³/mol. The van der Waals surface area contributed by atoms with E-state index >= 15 is 0 Å². The fraction of sp³-hybridized carbons (Fsp3) is 0.444. The number of nitrogens with one attached hydrogen (secondary N) is 2. The van der Waals surface area contributed by atoms with Gasteiger partial charge < -0.3 is 25.7 Å². The van der Waals surface area contributed by atoms with Crippen LogP contribution in [0, 0.1) is 0 Å². The van der Waals surface area contributed by atoms with Gasteiger partial charge in [0.2, 0.25) is 0 Å². The molecular weight excluding hydrogens is 379 g/mol. The minimum atomic E-state index is -4.31. The van der Waals surface area contributed by atoms with E-state index in [1.807, 2.05) is 0 Å². The summed E-state index contributed by atoms with van der Waals surface area (Å²) in [5, 5.41) is 22.7. The Bertz CT molecular complexity index is 761. The number of aliphatic hydroxyl groups excluding tert-OH is 1. The zero-order valence-corrected chi connectivity index (χ0v) is 16.0. The van der Waals surface area contributed by atoms with E-state index in [0.717, 1.165) is 7.11 Å². The van der Waals surface area contributed by atoms with E-state index in [1.54, 1.807) is 0 Å². The van der Waals surface area contributed by atoms with Gasteiger partial charge in [0.15, 0.2) is 11.5 Å². The molecule has 28 heavy (non-hydrogen) atoms. The number of para-hydroxylation sites is 1. The number of hydrogen-bond donors (Lipinski definition) is 4. The minimum absolute atomic E-state index is 0.0123. The normalized spacial score (nSPS) is 14.5. The topological polar surface area (TPSA) is 102 Å². The van der Waals surface area contributed by atoms with Crippen molar-refractivity contribution in [1.29, 1.82) is 0 Å². The van der Waals surface area contributed by atoms with Crippen molar-refractivity contribution < 1.29 is 33.0 Å². The molecule has 1 atom stereocenters. The third-order valence-corrected chi connectivity index (χ3v) is 3.81. The Kier molecular flexibility index (Phi) is 7.86. The standard InChI is InChI=1S/C17H20F3N3O3.CH4O/c1-9(8-17(18,19)20)21-12-7-13(24)14(12)22-11-6-4-5-10(15(11)25)16(26)23(2)3;1-2/h4-6,9,21-22,25H,7-8H2,1-3H3;2H,1H3. The number of halogens is 3. The molecule has 10 heteroatoms. The van der Waals surface area contributed by atoms with Crippen molar-refractivity contribution in [3.05, 3.63) is 35.2 Å². The van der Waals surface area contributed by atoms with E-state index in [9.17, 15) is 27.9 Å². The number of carbonyl (C=O) groups is 2. The SMILES string of the molecule is CC(CC(F)(F)F)NC1=C(Nc2cccc(C(=O)N(C)C)c2O)C(=O)C1.CO. The van der Waals surface area contributed by atoms with Crippen LogP contribution in [0.5, 0.6) is 5.75 Å². The fourth-order valence-corrected chi connectivity index (χ4v) is 2.56. The highest BCUT2D eigenvalue weighted by Gasteiger charge is 2.33. The highest BCUT2D eigenvalue weighted by Crippen LogP contribution is 2.33. The van der Waals surface area contributed by atoms with Gasteiger partial charge in [0.05, 0.1) is 24.1 Å². The molecule has 156 valence electrons. The van der Waals surface area contributed by atoms with Gasteiger partial charge in [-0.1, -0.05) is 6.07 Å². The van der Waals surface area contributed by atoms with Crippen LogP contribution in [0.4, 0.5) is 18.9 Å². The fourth-order valence-electron chi connectivity index (χ4n) is 2.56. The number of aliphatic hydroxyl groups is 1. The lowest BCUT2D eigenvalue weighted by molar-refractivity contribution is -0.138. The molecule has 1 aromatic carbocycles. The number of alkyl halides is 3. The van der Waals surface area contributed by atoms with Crippen LogP contribution in [-0.4, -0.2) is 60.2 Å². The molecule has 1 aliphatic rings. The second-order valence-corrected chi connectivity index (χ2v) is 6.34. The van der Waals surface area contributed by atoms with E-state index in [0.29, 0.717) is 5.70 Å². The van der Waals surface area contributed by atoms with Crippen LogP contribution in [0.1, 0.15) is 30.1 Å². The van der Waals surface area contributed by atoms with Crippen LogP contribution in [0.2, 0.25) is 0 Å². The van der Waals surface area contributed by atoms with Crippen molar-refractivity contribution in [2.45, 2.75) is 32.0 Å². The number of amides is 1. The van der Waals surface area contributed by atoms with Crippen LogP contribution in [0.15, 0.2) is 29.6 Å². The lowest BCUT2D eigenvalue weighted by Gasteiger charge is -2.28. The maximum absolute atomic E-state index is 12.4. The third-order valence-electron chi connectivity index (χ3n) is 3.81. The van der Waals surface area contributed by atoms with E-state index in [1.165, 1.54) is 44.1 Å². The number of Topliss-reactive ketones (excluding diaryl/α,β-unsaturated/α-hetero) is 1. The Morgan fingerprint density at radius 1 is 1.29 bits per heavy atom. The molecule has 1 amide bonds. The summed E-state index contributed by atoms with van der Waals surface area (Å²) >= 11 is 0. The van der Waals surface area contributed by atoms with Crippen molar-refractivity contribution in [2.75, 3.05) is 26.5 Å². The molecule has 7 nitrogen and oxygen atoms in total. The van der Waals surface area contributed by atoms with E-state index in [2.05, 4.69) is 10.6 Å². The maximum Gasteiger partial charge on any atom is 0.391 e. The molecule has 0 saturated heterocycles. The Balaban J connectivity index is 0.00000190. The number of phenols is 1. The summed E-state index contributed by atoms with van der Waals surface area (Å²) in [4.78, 5) is 25.1. The second kappa shape index (κ2) is 9.45. The number of nitrogens with zero attached hydrogens (tertiary/aromatic N) is 1. The average molecular weight is 403 g/mol. The van der Waals surface area contributed by atoms with Gasteiger partial charge in [-0.05, 0) is 19.1 Å². The van der Waals surface area contributed by atoms with Gasteiger partial charge in [0, 0.05) is 32.9 Å². The van der Waals surface area contributed by atoms with Crippen LogP contribution in [0.3, 0.4) is 0 Å². The van der Waals surface area contributed by atoms with E-state index < -0.39 is 24.5 Å². The van der Waals surface area contributed by atoms with Gasteiger partial charge in [-0.2, -0.15) is 13.2 Å². The predicted octanol–water partition coefficient (Wildman–Crippen LogP) is 2.23. The molecule has 1 aliphatic carbocycles. The molecule has 0 heterocycles. The van der Waals surface area contributed by atoms with Gasteiger partial charge in [0.25, 0.3) is 5.91 Å². The molecule has 2 rings (SSSR count). The highest BCUT2D eigenvalue weighted by molar-refractivity contribution is 6.07. The minimum Gasteiger partial charge on any atom is -0.505 e. The number of ketones is 1. The number of hydrogen-bond acceptors (Lipinski definition) is 6. The van der Waals surface area contributed by atoms with E-state index in [-0.39, 0.29) is 34.9 Å². The lowest BCUT2D eigenvalue weighted by atomic mass is 9.97. The molecular formula is C18H24F3N3O4. The van der Waals surface area contributed by atoms with Crippen molar-refractivity contribution in [3.63, 3.8) is 0 Å². The van der Waals surface area contributed by atoms with Crippen LogP contribution in [0.25, 0.3) is 0 Å². The molecule has 0 bridgehead atoms. The summed E-state index contributed by atoms with van der Waals surface area (Å²) < 4.78 is 37.3. The Morgan fingerprint density at radius 3 is 2.39 bits per heavy atom. The van der Waals surface area contributed by atoms with Gasteiger partial charge >= 0.3 is 6.18 Å². The molecule has 0 aliphatic heterocycles. The Labute approximate surface area is 160 Å². The first-order valence-corrected chi connectivity index (χ1v) is 8.34. The van der Waals surface area contributed by atoms with Crippen LogP contribution < -0.4 is 10.6 Å². The summed E-state index contributed by atoms with van der Waals surface area (Å²) in [7, 11) is 4.06. The third kappa shape index (κ3) is 5.88. The first-order chi connectivity index (χ1) is 13.0. The number of allylic oxidation sites excluding steroid dienone is 2. The first-order valence-electron chi connectivity index (χ1n) is 8.34. The number of aromatic hydroxyl groups is 1.